The Morgan fingerprint density at radius 1 is 1.21 bits per heavy atom. The number of nitrogens with zero attached hydrogens (tertiary/aromatic N) is 2. The summed E-state index contributed by atoms with van der Waals surface area (Å²) in [4.78, 5) is 5.22. The van der Waals surface area contributed by atoms with Crippen LogP contribution in [-0.2, 0) is 0 Å². The lowest BCUT2D eigenvalue weighted by molar-refractivity contribution is 0.0325. The number of rotatable bonds is 2. The van der Waals surface area contributed by atoms with Crippen molar-refractivity contribution in [3.05, 3.63) is 35.6 Å². The number of fused-ring (bicyclic) bond motifs is 1. The predicted molar refractivity (Wildman–Crippen MR) is 75.6 cm³/mol. The van der Waals surface area contributed by atoms with E-state index in [0.29, 0.717) is 12.1 Å². The topological polar surface area (TPSA) is 6.48 Å². The van der Waals surface area contributed by atoms with Crippen molar-refractivity contribution in [3.8, 4) is 0 Å². The minimum Gasteiger partial charge on any atom is -0.298 e. The molecule has 1 aromatic carbocycles. The molecule has 3 rings (SSSR count). The van der Waals surface area contributed by atoms with Crippen LogP contribution in [0.2, 0.25) is 0 Å². The highest BCUT2D eigenvalue weighted by molar-refractivity contribution is 5.20. The van der Waals surface area contributed by atoms with E-state index < -0.39 is 0 Å². The van der Waals surface area contributed by atoms with E-state index in [2.05, 4.69) is 23.6 Å². The summed E-state index contributed by atoms with van der Waals surface area (Å²) >= 11 is 0. The summed E-state index contributed by atoms with van der Waals surface area (Å²) in [5.41, 5.74) is 1.22. The van der Waals surface area contributed by atoms with E-state index in [1.165, 1.54) is 31.5 Å². The maximum absolute atomic E-state index is 13.0. The van der Waals surface area contributed by atoms with Gasteiger partial charge >= 0.3 is 0 Å². The van der Waals surface area contributed by atoms with E-state index in [4.69, 9.17) is 0 Å². The quantitative estimate of drug-likeness (QED) is 0.808. The van der Waals surface area contributed by atoms with Gasteiger partial charge in [0.1, 0.15) is 5.82 Å². The third kappa shape index (κ3) is 2.54. The number of hydrogen-bond acceptors (Lipinski definition) is 2. The molecule has 2 aliphatic heterocycles. The molecule has 3 heteroatoms. The van der Waals surface area contributed by atoms with Gasteiger partial charge in [-0.05, 0) is 50.9 Å². The molecule has 3 atom stereocenters. The van der Waals surface area contributed by atoms with Gasteiger partial charge in [-0.25, -0.2) is 4.39 Å². The van der Waals surface area contributed by atoms with Crippen molar-refractivity contribution in [1.82, 2.24) is 9.80 Å². The molecule has 2 heterocycles. The zero-order valence-electron chi connectivity index (χ0n) is 11.8. The maximum atomic E-state index is 13.0. The largest absolute Gasteiger partial charge is 0.298 e. The first-order valence-corrected chi connectivity index (χ1v) is 7.40. The first kappa shape index (κ1) is 13.1. The van der Waals surface area contributed by atoms with Crippen LogP contribution in [0.4, 0.5) is 4.39 Å². The van der Waals surface area contributed by atoms with E-state index in [9.17, 15) is 4.39 Å². The molecular formula is C16H23FN2. The molecule has 19 heavy (non-hydrogen) atoms. The van der Waals surface area contributed by atoms with Crippen molar-refractivity contribution in [2.24, 2.45) is 0 Å². The smallest absolute Gasteiger partial charge is 0.123 e. The third-order valence-electron chi connectivity index (χ3n) is 4.84. The summed E-state index contributed by atoms with van der Waals surface area (Å²) in [5.74, 6) is -0.149. The summed E-state index contributed by atoms with van der Waals surface area (Å²) in [5, 5.41) is 0. The van der Waals surface area contributed by atoms with Gasteiger partial charge in [-0.2, -0.15) is 0 Å². The Kier molecular flexibility index (Phi) is 3.59. The van der Waals surface area contributed by atoms with Crippen molar-refractivity contribution in [2.45, 2.75) is 44.8 Å². The average molecular weight is 262 g/mol. The van der Waals surface area contributed by atoms with Gasteiger partial charge in [0.2, 0.25) is 0 Å². The van der Waals surface area contributed by atoms with Crippen LogP contribution in [0.1, 0.15) is 38.3 Å². The minimum absolute atomic E-state index is 0.149. The van der Waals surface area contributed by atoms with Crippen molar-refractivity contribution in [1.29, 1.82) is 0 Å². The van der Waals surface area contributed by atoms with Gasteiger partial charge in [0.05, 0.1) is 0 Å². The molecule has 0 bridgehead atoms. The van der Waals surface area contributed by atoms with E-state index in [0.717, 1.165) is 12.6 Å². The minimum atomic E-state index is -0.149. The van der Waals surface area contributed by atoms with Gasteiger partial charge in [0, 0.05) is 31.2 Å². The summed E-state index contributed by atoms with van der Waals surface area (Å²) in [6.45, 7) is 8.16. The molecule has 0 N–H and O–H groups in total. The fourth-order valence-electron chi connectivity index (χ4n) is 3.68. The fourth-order valence-corrected chi connectivity index (χ4v) is 3.68. The molecule has 2 nitrogen and oxygen atoms in total. The second-order valence-corrected chi connectivity index (χ2v) is 6.06. The van der Waals surface area contributed by atoms with Gasteiger partial charge in [0.15, 0.2) is 0 Å². The average Bonchev–Trinajstić information content (AvgIpc) is 2.85. The van der Waals surface area contributed by atoms with Gasteiger partial charge in [-0.1, -0.05) is 12.1 Å². The number of benzene rings is 1. The maximum Gasteiger partial charge on any atom is 0.123 e. The van der Waals surface area contributed by atoms with Gasteiger partial charge in [0.25, 0.3) is 0 Å². The monoisotopic (exact) mass is 262 g/mol. The van der Waals surface area contributed by atoms with Crippen molar-refractivity contribution >= 4 is 0 Å². The normalized spacial score (nSPS) is 30.3. The Labute approximate surface area is 115 Å². The van der Waals surface area contributed by atoms with Crippen molar-refractivity contribution in [3.63, 3.8) is 0 Å². The van der Waals surface area contributed by atoms with Crippen LogP contribution in [0.3, 0.4) is 0 Å². The molecule has 1 aromatic rings. The Hall–Kier alpha value is -0.930. The first-order valence-electron chi connectivity index (χ1n) is 7.40. The molecule has 0 aromatic heterocycles. The molecule has 0 aliphatic carbocycles. The summed E-state index contributed by atoms with van der Waals surface area (Å²) in [6, 6.07) is 8.68. The van der Waals surface area contributed by atoms with E-state index in [1.807, 2.05) is 12.1 Å². The SMILES string of the molecule is CC1CN2CCCC2CN1C(C)c1ccc(F)cc1. The van der Waals surface area contributed by atoms with Gasteiger partial charge < -0.3 is 0 Å². The molecule has 0 radical (unpaired) electrons. The zero-order chi connectivity index (χ0) is 13.4. The third-order valence-corrected chi connectivity index (χ3v) is 4.84. The molecule has 3 unspecified atom stereocenters. The Morgan fingerprint density at radius 3 is 2.68 bits per heavy atom. The highest BCUT2D eigenvalue weighted by atomic mass is 19.1. The van der Waals surface area contributed by atoms with Crippen molar-refractivity contribution in [2.75, 3.05) is 19.6 Å². The second kappa shape index (κ2) is 5.22. The van der Waals surface area contributed by atoms with E-state index in [1.54, 1.807) is 12.1 Å². The molecular weight excluding hydrogens is 239 g/mol. The predicted octanol–water partition coefficient (Wildman–Crippen LogP) is 3.06. The Balaban J connectivity index is 1.75. The number of hydrogen-bond donors (Lipinski definition) is 0. The molecule has 104 valence electrons. The highest BCUT2D eigenvalue weighted by Gasteiger charge is 2.36. The zero-order valence-corrected chi connectivity index (χ0v) is 11.8. The van der Waals surface area contributed by atoms with Crippen molar-refractivity contribution < 1.29 is 4.39 Å². The molecule has 2 saturated heterocycles. The second-order valence-electron chi connectivity index (χ2n) is 6.06. The standard InChI is InChI=1S/C16H23FN2/c1-12-10-18-9-3-4-16(18)11-19(12)13(2)14-5-7-15(17)8-6-14/h5-8,12-13,16H,3-4,9-11H2,1-2H3. The summed E-state index contributed by atoms with van der Waals surface area (Å²) < 4.78 is 13.0. The highest BCUT2D eigenvalue weighted by Crippen LogP contribution is 2.30. The number of piperazine rings is 1. The molecule has 2 fully saturated rings. The van der Waals surface area contributed by atoms with E-state index >= 15 is 0 Å². The van der Waals surface area contributed by atoms with E-state index in [-0.39, 0.29) is 5.82 Å². The molecule has 0 spiro atoms. The Morgan fingerprint density at radius 2 is 1.95 bits per heavy atom. The van der Waals surface area contributed by atoms with Crippen LogP contribution in [0.15, 0.2) is 24.3 Å². The van der Waals surface area contributed by atoms with Crippen LogP contribution >= 0.6 is 0 Å². The molecule has 0 amide bonds. The van der Waals surface area contributed by atoms with Crippen LogP contribution in [0, 0.1) is 5.82 Å². The number of halogens is 1. The van der Waals surface area contributed by atoms with Gasteiger partial charge in [-0.15, -0.1) is 0 Å². The van der Waals surface area contributed by atoms with Crippen LogP contribution in [-0.4, -0.2) is 41.5 Å². The first-order chi connectivity index (χ1) is 9.15. The van der Waals surface area contributed by atoms with Crippen LogP contribution in [0.25, 0.3) is 0 Å². The molecule has 2 aliphatic rings. The molecule has 0 saturated carbocycles. The Bertz CT molecular complexity index is 431. The van der Waals surface area contributed by atoms with Crippen LogP contribution in [0.5, 0.6) is 0 Å². The lowest BCUT2D eigenvalue weighted by Gasteiger charge is -2.45. The summed E-state index contributed by atoms with van der Waals surface area (Å²) in [7, 11) is 0. The van der Waals surface area contributed by atoms with Crippen LogP contribution < -0.4 is 0 Å². The lowest BCUT2D eigenvalue weighted by Crippen LogP contribution is -2.55. The lowest BCUT2D eigenvalue weighted by atomic mass is 10.0. The fraction of sp³-hybridized carbons (Fsp3) is 0.625. The van der Waals surface area contributed by atoms with Gasteiger partial charge in [-0.3, -0.25) is 9.80 Å². The summed E-state index contributed by atoms with van der Waals surface area (Å²) in [6.07, 6.45) is 2.68.